The molecule has 0 fully saturated rings. The van der Waals surface area contributed by atoms with Crippen LogP contribution in [0.3, 0.4) is 0 Å². The molecule has 0 bridgehead atoms. The van der Waals surface area contributed by atoms with Crippen LogP contribution in [-0.2, 0) is 11.2 Å². The fourth-order valence-corrected chi connectivity index (χ4v) is 4.38. The van der Waals surface area contributed by atoms with E-state index in [0.717, 1.165) is 57.8 Å². The molecule has 0 amide bonds. The maximum absolute atomic E-state index is 5.67. The third-order valence-corrected chi connectivity index (χ3v) is 5.67. The lowest BCUT2D eigenvalue weighted by molar-refractivity contribution is 0.148. The zero-order valence-electron chi connectivity index (χ0n) is 16.6. The van der Waals surface area contributed by atoms with Gasteiger partial charge in [0.2, 0.25) is 0 Å². The number of fused-ring (bicyclic) bond motifs is 2. The number of benzene rings is 1. The van der Waals surface area contributed by atoms with Gasteiger partial charge in [-0.05, 0) is 43.5 Å². The van der Waals surface area contributed by atoms with Crippen molar-refractivity contribution in [2.45, 2.75) is 32.7 Å². The number of anilines is 2. The lowest BCUT2D eigenvalue weighted by atomic mass is 10.1. The summed E-state index contributed by atoms with van der Waals surface area (Å²) in [5.74, 6) is 1.66. The predicted octanol–water partition coefficient (Wildman–Crippen LogP) is 4.20. The number of aryl methyl sites for hydroxylation is 1. The third-order valence-electron chi connectivity index (χ3n) is 5.22. The van der Waals surface area contributed by atoms with E-state index in [1.54, 1.807) is 14.2 Å². The first-order chi connectivity index (χ1) is 13.6. The largest absolute Gasteiger partial charge is 0.495 e. The van der Waals surface area contributed by atoms with Gasteiger partial charge >= 0.3 is 0 Å². The molecule has 2 aromatic heterocycles. The summed E-state index contributed by atoms with van der Waals surface area (Å²) in [6.07, 6.45) is 1.84. The highest BCUT2D eigenvalue weighted by Gasteiger charge is 2.29. The Kier molecular flexibility index (Phi) is 5.25. The van der Waals surface area contributed by atoms with Crippen molar-refractivity contribution < 1.29 is 9.47 Å². The van der Waals surface area contributed by atoms with Gasteiger partial charge in [0.1, 0.15) is 5.75 Å². The molecule has 0 saturated heterocycles. The number of ether oxygens (including phenoxy) is 2. The van der Waals surface area contributed by atoms with E-state index in [1.807, 2.05) is 23.7 Å². The number of rotatable bonds is 6. The molecule has 1 aliphatic rings. The first-order valence-corrected chi connectivity index (χ1v) is 10.2. The standard InChI is InChI=1S/C20H24BrN5O2/c1-5-15(11-27-3)26-16-8-12(2)22-20(18(16)23-24-26)25-7-6-13-9-14(21)10-17(28-4)19(13)25/h8-10,15H,5-7,11H2,1-4H3. The van der Waals surface area contributed by atoms with E-state index in [4.69, 9.17) is 14.5 Å². The van der Waals surface area contributed by atoms with Crippen LogP contribution < -0.4 is 9.64 Å². The van der Waals surface area contributed by atoms with Gasteiger partial charge < -0.3 is 14.4 Å². The van der Waals surface area contributed by atoms with E-state index < -0.39 is 0 Å². The van der Waals surface area contributed by atoms with Crippen LogP contribution in [0.15, 0.2) is 22.7 Å². The van der Waals surface area contributed by atoms with Crippen LogP contribution in [0.2, 0.25) is 0 Å². The Hall–Kier alpha value is -2.19. The molecule has 1 aliphatic heterocycles. The van der Waals surface area contributed by atoms with Gasteiger partial charge in [0, 0.05) is 23.8 Å². The first kappa shape index (κ1) is 19.1. The summed E-state index contributed by atoms with van der Waals surface area (Å²) in [6.45, 7) is 5.56. The van der Waals surface area contributed by atoms with Crippen LogP contribution in [0.25, 0.3) is 11.0 Å². The Labute approximate surface area is 172 Å². The fourth-order valence-electron chi connectivity index (χ4n) is 3.89. The Bertz CT molecular complexity index is 1020. The van der Waals surface area contributed by atoms with Gasteiger partial charge in [-0.1, -0.05) is 28.1 Å². The number of halogens is 1. The molecule has 0 saturated carbocycles. The van der Waals surface area contributed by atoms with Gasteiger partial charge in [-0.2, -0.15) is 0 Å². The van der Waals surface area contributed by atoms with Gasteiger partial charge in [-0.3, -0.25) is 0 Å². The van der Waals surface area contributed by atoms with E-state index in [9.17, 15) is 0 Å². The summed E-state index contributed by atoms with van der Waals surface area (Å²) in [6, 6.07) is 6.33. The van der Waals surface area contributed by atoms with Crippen LogP contribution in [0.1, 0.15) is 30.6 Å². The maximum Gasteiger partial charge on any atom is 0.163 e. The Balaban J connectivity index is 1.87. The van der Waals surface area contributed by atoms with E-state index in [2.05, 4.69) is 44.1 Å². The molecule has 1 aromatic carbocycles. The summed E-state index contributed by atoms with van der Waals surface area (Å²) >= 11 is 3.57. The minimum atomic E-state index is 0.140. The molecule has 1 atom stereocenters. The molecule has 4 rings (SSSR count). The van der Waals surface area contributed by atoms with Crippen molar-refractivity contribution in [1.82, 2.24) is 20.0 Å². The molecule has 3 aromatic rings. The van der Waals surface area contributed by atoms with Crippen LogP contribution in [-0.4, -0.2) is 47.3 Å². The lowest BCUT2D eigenvalue weighted by Gasteiger charge is -2.22. The number of pyridine rings is 1. The van der Waals surface area contributed by atoms with E-state index in [1.165, 1.54) is 5.56 Å². The molecule has 0 N–H and O–H groups in total. The fraction of sp³-hybridized carbons (Fsp3) is 0.450. The average molecular weight is 446 g/mol. The molecular formula is C20H24BrN5O2. The normalized spacial score (nSPS) is 14.5. The second kappa shape index (κ2) is 7.67. The number of aromatic nitrogens is 4. The van der Waals surface area contributed by atoms with Gasteiger partial charge in [0.15, 0.2) is 11.3 Å². The highest BCUT2D eigenvalue weighted by Crippen LogP contribution is 2.44. The van der Waals surface area contributed by atoms with Crippen molar-refractivity contribution in [3.05, 3.63) is 33.9 Å². The molecule has 0 spiro atoms. The van der Waals surface area contributed by atoms with Crippen molar-refractivity contribution in [2.24, 2.45) is 0 Å². The van der Waals surface area contributed by atoms with Crippen molar-refractivity contribution in [3.63, 3.8) is 0 Å². The summed E-state index contributed by atoms with van der Waals surface area (Å²) in [4.78, 5) is 7.04. The number of nitrogens with zero attached hydrogens (tertiary/aromatic N) is 5. The van der Waals surface area contributed by atoms with Crippen molar-refractivity contribution in [2.75, 3.05) is 32.3 Å². The van der Waals surface area contributed by atoms with Crippen molar-refractivity contribution in [1.29, 1.82) is 0 Å². The molecular weight excluding hydrogens is 422 g/mol. The zero-order valence-corrected chi connectivity index (χ0v) is 18.2. The van der Waals surface area contributed by atoms with E-state index >= 15 is 0 Å². The summed E-state index contributed by atoms with van der Waals surface area (Å²) in [5.41, 5.74) is 5.02. The third kappa shape index (κ3) is 3.14. The molecule has 148 valence electrons. The average Bonchev–Trinajstić information content (AvgIpc) is 3.29. The summed E-state index contributed by atoms with van der Waals surface area (Å²) in [7, 11) is 3.41. The van der Waals surface area contributed by atoms with E-state index in [0.29, 0.717) is 6.61 Å². The molecule has 0 radical (unpaired) electrons. The van der Waals surface area contributed by atoms with Gasteiger partial charge in [-0.25, -0.2) is 9.67 Å². The summed E-state index contributed by atoms with van der Waals surface area (Å²) in [5, 5.41) is 8.96. The lowest BCUT2D eigenvalue weighted by Crippen LogP contribution is -2.17. The minimum Gasteiger partial charge on any atom is -0.495 e. The Morgan fingerprint density at radius 2 is 2.07 bits per heavy atom. The smallest absolute Gasteiger partial charge is 0.163 e. The van der Waals surface area contributed by atoms with Gasteiger partial charge in [0.25, 0.3) is 0 Å². The quantitative estimate of drug-likeness (QED) is 0.566. The van der Waals surface area contributed by atoms with Crippen LogP contribution in [0.4, 0.5) is 11.5 Å². The Morgan fingerprint density at radius 3 is 2.79 bits per heavy atom. The molecule has 1 unspecified atom stereocenters. The van der Waals surface area contributed by atoms with Crippen LogP contribution in [0.5, 0.6) is 5.75 Å². The topological polar surface area (TPSA) is 65.3 Å². The van der Waals surface area contributed by atoms with Crippen molar-refractivity contribution >= 4 is 38.5 Å². The number of hydrogen-bond acceptors (Lipinski definition) is 6. The second-order valence-corrected chi connectivity index (χ2v) is 7.94. The zero-order chi connectivity index (χ0) is 19.8. The maximum atomic E-state index is 5.67. The predicted molar refractivity (Wildman–Crippen MR) is 113 cm³/mol. The molecule has 8 heteroatoms. The van der Waals surface area contributed by atoms with Crippen LogP contribution >= 0.6 is 15.9 Å². The number of hydrogen-bond donors (Lipinski definition) is 0. The molecule has 3 heterocycles. The van der Waals surface area contributed by atoms with Crippen LogP contribution in [0, 0.1) is 6.92 Å². The van der Waals surface area contributed by atoms with Crippen molar-refractivity contribution in [3.8, 4) is 5.75 Å². The first-order valence-electron chi connectivity index (χ1n) is 9.42. The van der Waals surface area contributed by atoms with Gasteiger partial charge in [0.05, 0.1) is 31.0 Å². The highest BCUT2D eigenvalue weighted by molar-refractivity contribution is 9.10. The monoisotopic (exact) mass is 445 g/mol. The number of methoxy groups -OCH3 is 2. The highest BCUT2D eigenvalue weighted by atomic mass is 79.9. The minimum absolute atomic E-state index is 0.140. The molecule has 28 heavy (non-hydrogen) atoms. The SMILES string of the molecule is CCC(COC)n1nnc2c(N3CCc4cc(Br)cc(OC)c43)nc(C)cc21. The molecule has 0 aliphatic carbocycles. The molecule has 7 nitrogen and oxygen atoms in total. The Morgan fingerprint density at radius 1 is 1.25 bits per heavy atom. The van der Waals surface area contributed by atoms with E-state index in [-0.39, 0.29) is 6.04 Å². The van der Waals surface area contributed by atoms with Gasteiger partial charge in [-0.15, -0.1) is 5.10 Å². The summed E-state index contributed by atoms with van der Waals surface area (Å²) < 4.78 is 14.0. The second-order valence-electron chi connectivity index (χ2n) is 7.02.